The average Bonchev–Trinajstić information content (AvgIpc) is 3.08. The molecule has 0 saturated carbocycles. The smallest absolute Gasteiger partial charge is 0.341 e. The highest BCUT2D eigenvalue weighted by Crippen LogP contribution is 2.31. The highest BCUT2D eigenvalue weighted by molar-refractivity contribution is 7.13. The van der Waals surface area contributed by atoms with Gasteiger partial charge >= 0.3 is 6.18 Å². The first kappa shape index (κ1) is 17.9. The molecule has 1 amide bonds. The van der Waals surface area contributed by atoms with Crippen LogP contribution in [0, 0.1) is 19.8 Å². The number of alkyl halides is 3. The summed E-state index contributed by atoms with van der Waals surface area (Å²) in [6.45, 7) is 4.60. The molecular formula is C16H19F3N4OS. The molecule has 25 heavy (non-hydrogen) atoms. The number of amides is 1. The van der Waals surface area contributed by atoms with E-state index in [0.29, 0.717) is 36.6 Å². The van der Waals surface area contributed by atoms with Crippen LogP contribution in [0.25, 0.3) is 0 Å². The lowest BCUT2D eigenvalue weighted by Gasteiger charge is -2.28. The zero-order chi connectivity index (χ0) is 18.4. The molecule has 0 radical (unpaired) electrons. The Kier molecular flexibility index (Phi) is 4.61. The zero-order valence-corrected chi connectivity index (χ0v) is 15.0. The highest BCUT2D eigenvalue weighted by Gasteiger charge is 2.36. The van der Waals surface area contributed by atoms with Crippen molar-refractivity contribution >= 4 is 17.2 Å². The lowest BCUT2D eigenvalue weighted by Crippen LogP contribution is -2.35. The van der Waals surface area contributed by atoms with Gasteiger partial charge in [0.25, 0.3) is 5.91 Å². The summed E-state index contributed by atoms with van der Waals surface area (Å²) >= 11 is 1.36. The maximum atomic E-state index is 12.8. The Labute approximate surface area is 147 Å². The van der Waals surface area contributed by atoms with Crippen LogP contribution >= 0.6 is 11.3 Å². The van der Waals surface area contributed by atoms with Gasteiger partial charge in [0.05, 0.1) is 10.7 Å². The molecule has 3 heterocycles. The summed E-state index contributed by atoms with van der Waals surface area (Å²) in [5.41, 5.74) is -0.127. The highest BCUT2D eigenvalue weighted by atomic mass is 32.1. The van der Waals surface area contributed by atoms with Crippen molar-refractivity contribution in [3.63, 3.8) is 0 Å². The Morgan fingerprint density at radius 2 is 2.12 bits per heavy atom. The Morgan fingerprint density at radius 1 is 1.40 bits per heavy atom. The number of carbonyl (C=O) groups excluding carboxylic acids is 1. The van der Waals surface area contributed by atoms with Crippen LogP contribution in [0.2, 0.25) is 0 Å². The Bertz CT molecular complexity index is 796. The fourth-order valence-electron chi connectivity index (χ4n) is 3.17. The van der Waals surface area contributed by atoms with Crippen LogP contribution < -0.4 is 0 Å². The van der Waals surface area contributed by atoms with Crippen LogP contribution in [0.1, 0.15) is 38.3 Å². The van der Waals surface area contributed by atoms with Crippen LogP contribution in [-0.2, 0) is 19.1 Å². The number of hydrogen-bond acceptors (Lipinski definition) is 4. The van der Waals surface area contributed by atoms with Crippen LogP contribution in [0.5, 0.6) is 0 Å². The normalized spacial score (nSPS) is 17.4. The number of nitrogens with zero attached hydrogens (tertiary/aromatic N) is 4. The van der Waals surface area contributed by atoms with Gasteiger partial charge in [-0.05, 0) is 26.2 Å². The van der Waals surface area contributed by atoms with E-state index < -0.39 is 11.9 Å². The van der Waals surface area contributed by atoms with E-state index in [-0.39, 0.29) is 11.8 Å². The summed E-state index contributed by atoms with van der Waals surface area (Å²) in [6, 6.07) is 0. The molecule has 1 aliphatic heterocycles. The second kappa shape index (κ2) is 6.44. The fourth-order valence-corrected chi connectivity index (χ4v) is 4.09. The van der Waals surface area contributed by atoms with Gasteiger partial charge < -0.3 is 9.47 Å². The van der Waals surface area contributed by atoms with Crippen molar-refractivity contribution in [1.82, 2.24) is 19.4 Å². The summed E-state index contributed by atoms with van der Waals surface area (Å²) in [5, 5.41) is 0.842. The minimum Gasteiger partial charge on any atom is -0.341 e. The molecule has 0 bridgehead atoms. The van der Waals surface area contributed by atoms with E-state index in [2.05, 4.69) is 9.97 Å². The predicted molar refractivity (Wildman–Crippen MR) is 87.6 cm³/mol. The molecule has 2 aromatic rings. The molecule has 136 valence electrons. The fraction of sp³-hybridized carbons (Fsp3) is 0.562. The van der Waals surface area contributed by atoms with Crippen molar-refractivity contribution in [2.24, 2.45) is 5.92 Å². The van der Waals surface area contributed by atoms with E-state index in [9.17, 15) is 18.0 Å². The monoisotopic (exact) mass is 372 g/mol. The van der Waals surface area contributed by atoms with Gasteiger partial charge in [-0.3, -0.25) is 4.79 Å². The number of aryl methyl sites for hydroxylation is 3. The molecule has 2 aromatic heterocycles. The van der Waals surface area contributed by atoms with Gasteiger partial charge in [-0.1, -0.05) is 0 Å². The second-order valence-electron chi connectivity index (χ2n) is 6.43. The topological polar surface area (TPSA) is 51.0 Å². The summed E-state index contributed by atoms with van der Waals surface area (Å²) in [5.74, 6) is 0.480. The lowest BCUT2D eigenvalue weighted by molar-refractivity contribution is -0.141. The average molecular weight is 372 g/mol. The van der Waals surface area contributed by atoms with Crippen molar-refractivity contribution in [2.75, 3.05) is 13.6 Å². The van der Waals surface area contributed by atoms with Crippen molar-refractivity contribution in [1.29, 1.82) is 0 Å². The van der Waals surface area contributed by atoms with E-state index in [4.69, 9.17) is 0 Å². The lowest BCUT2D eigenvalue weighted by atomic mass is 9.99. The molecule has 9 heteroatoms. The molecular weight excluding hydrogens is 353 g/mol. The van der Waals surface area contributed by atoms with Gasteiger partial charge in [-0.15, -0.1) is 11.3 Å². The minimum absolute atomic E-state index is 0.0875. The standard InChI is InChI=1S/C16H19F3N4OS/c1-9-14(25-10(2)20-9)15(24)22(3)6-11-4-5-13-21-12(16(17,18)19)8-23(13)7-11/h8,11H,4-7H2,1-3H3/t11-/m0/s1. The molecule has 0 spiro atoms. The summed E-state index contributed by atoms with van der Waals surface area (Å²) < 4.78 is 39.9. The molecule has 3 rings (SSSR count). The Balaban J connectivity index is 1.67. The van der Waals surface area contributed by atoms with Crippen LogP contribution in [0.3, 0.4) is 0 Å². The third-order valence-corrected chi connectivity index (χ3v) is 5.42. The Morgan fingerprint density at radius 3 is 2.72 bits per heavy atom. The Hall–Kier alpha value is -1.90. The quantitative estimate of drug-likeness (QED) is 0.831. The summed E-state index contributed by atoms with van der Waals surface area (Å²) in [6.07, 6.45) is -2.15. The first-order valence-corrected chi connectivity index (χ1v) is 8.79. The largest absolute Gasteiger partial charge is 0.434 e. The second-order valence-corrected chi connectivity index (χ2v) is 7.63. The van der Waals surface area contributed by atoms with E-state index >= 15 is 0 Å². The molecule has 0 unspecified atom stereocenters. The number of carbonyl (C=O) groups is 1. The van der Waals surface area contributed by atoms with Crippen molar-refractivity contribution in [3.8, 4) is 0 Å². The summed E-state index contributed by atoms with van der Waals surface area (Å²) in [7, 11) is 1.72. The molecule has 0 N–H and O–H groups in total. The number of rotatable bonds is 3. The molecule has 1 aliphatic rings. The zero-order valence-electron chi connectivity index (χ0n) is 14.2. The number of halogens is 3. The van der Waals surface area contributed by atoms with E-state index in [1.165, 1.54) is 11.3 Å². The van der Waals surface area contributed by atoms with Crippen LogP contribution in [0.4, 0.5) is 13.2 Å². The van der Waals surface area contributed by atoms with Gasteiger partial charge in [-0.2, -0.15) is 13.2 Å². The maximum Gasteiger partial charge on any atom is 0.434 e. The van der Waals surface area contributed by atoms with Gasteiger partial charge in [0.15, 0.2) is 5.69 Å². The van der Waals surface area contributed by atoms with Crippen molar-refractivity contribution in [3.05, 3.63) is 33.3 Å². The third-order valence-electron chi connectivity index (χ3n) is 4.36. The third kappa shape index (κ3) is 3.70. The van der Waals surface area contributed by atoms with E-state index in [0.717, 1.165) is 16.9 Å². The molecule has 1 atom stereocenters. The number of fused-ring (bicyclic) bond motifs is 1. The SMILES string of the molecule is Cc1nc(C)c(C(=O)N(C)C[C@@H]2CCc3nc(C(F)(F)F)cn3C2)s1. The molecule has 5 nitrogen and oxygen atoms in total. The predicted octanol–water partition coefficient (Wildman–Crippen LogP) is 3.31. The number of aromatic nitrogens is 3. The first-order chi connectivity index (χ1) is 11.6. The maximum absolute atomic E-state index is 12.8. The number of imidazole rings is 1. The van der Waals surface area contributed by atoms with Gasteiger partial charge in [-0.25, -0.2) is 9.97 Å². The van der Waals surface area contributed by atoms with Crippen LogP contribution in [0.15, 0.2) is 6.20 Å². The molecule has 0 fully saturated rings. The van der Waals surface area contributed by atoms with Gasteiger partial charge in [0.2, 0.25) is 0 Å². The van der Waals surface area contributed by atoms with Crippen LogP contribution in [-0.4, -0.2) is 38.9 Å². The molecule has 0 aromatic carbocycles. The first-order valence-electron chi connectivity index (χ1n) is 7.98. The summed E-state index contributed by atoms with van der Waals surface area (Å²) in [4.78, 5) is 22.8. The number of hydrogen-bond donors (Lipinski definition) is 0. The van der Waals surface area contributed by atoms with Crippen molar-refractivity contribution in [2.45, 2.75) is 39.4 Å². The number of thiazole rings is 1. The van der Waals surface area contributed by atoms with Crippen molar-refractivity contribution < 1.29 is 18.0 Å². The molecule has 0 saturated heterocycles. The van der Waals surface area contributed by atoms with E-state index in [1.807, 2.05) is 13.8 Å². The molecule has 0 aliphatic carbocycles. The van der Waals surface area contributed by atoms with Gasteiger partial charge in [0, 0.05) is 32.8 Å². The minimum atomic E-state index is -4.42. The van der Waals surface area contributed by atoms with E-state index in [1.54, 1.807) is 16.5 Å². The van der Waals surface area contributed by atoms with Gasteiger partial charge in [0.1, 0.15) is 10.7 Å².